The molecule has 28 heavy (non-hydrogen) atoms. The molecule has 1 atom stereocenters. The molecule has 3 heterocycles. The molecule has 1 N–H and O–H groups in total. The second-order valence-electron chi connectivity index (χ2n) is 7.73. The zero-order chi connectivity index (χ0) is 19.7. The molecule has 7 heteroatoms. The Labute approximate surface area is 169 Å². The maximum atomic E-state index is 13.5. The van der Waals surface area contributed by atoms with Crippen LogP contribution in [0.1, 0.15) is 47.4 Å². The van der Waals surface area contributed by atoms with Gasteiger partial charge in [-0.05, 0) is 44.6 Å². The molecule has 0 aliphatic carbocycles. The lowest BCUT2D eigenvalue weighted by Crippen LogP contribution is -2.61. The van der Waals surface area contributed by atoms with Gasteiger partial charge in [0.15, 0.2) is 5.69 Å². The summed E-state index contributed by atoms with van der Waals surface area (Å²) in [6.07, 6.45) is 3.96. The quantitative estimate of drug-likeness (QED) is 0.856. The first-order valence-corrected chi connectivity index (χ1v) is 10.3. The van der Waals surface area contributed by atoms with Crippen molar-refractivity contribution in [2.24, 2.45) is 0 Å². The Morgan fingerprint density at radius 1 is 1.21 bits per heavy atom. The lowest BCUT2D eigenvalue weighted by molar-refractivity contribution is -0.145. The molecule has 2 aliphatic rings. The number of rotatable bonds is 4. The molecule has 2 fully saturated rings. The summed E-state index contributed by atoms with van der Waals surface area (Å²) >= 11 is 6.26. The minimum Gasteiger partial charge on any atom is -0.340 e. The van der Waals surface area contributed by atoms with Gasteiger partial charge >= 0.3 is 0 Å². The van der Waals surface area contributed by atoms with Crippen molar-refractivity contribution in [3.63, 3.8) is 0 Å². The Hall–Kier alpha value is -2.34. The number of hydrogen-bond acceptors (Lipinski definition) is 3. The Morgan fingerprint density at radius 2 is 1.93 bits per heavy atom. The minimum atomic E-state index is -0.748. The fourth-order valence-corrected chi connectivity index (χ4v) is 4.69. The van der Waals surface area contributed by atoms with E-state index in [2.05, 4.69) is 22.3 Å². The van der Waals surface area contributed by atoms with Crippen LogP contribution in [0, 0.1) is 6.92 Å². The molecular formula is C21H25ClN4O2. The van der Waals surface area contributed by atoms with Crippen molar-refractivity contribution in [1.29, 1.82) is 0 Å². The first kappa shape index (κ1) is 19.0. The van der Waals surface area contributed by atoms with Gasteiger partial charge in [0, 0.05) is 19.6 Å². The van der Waals surface area contributed by atoms with E-state index >= 15 is 0 Å². The summed E-state index contributed by atoms with van der Waals surface area (Å²) in [6.45, 7) is 3.77. The van der Waals surface area contributed by atoms with Crippen molar-refractivity contribution in [2.45, 2.75) is 44.6 Å². The number of aromatic amines is 1. The highest BCUT2D eigenvalue weighted by atomic mass is 35.5. The van der Waals surface area contributed by atoms with E-state index in [0.717, 1.165) is 25.8 Å². The lowest BCUT2D eigenvalue weighted by atomic mass is 9.85. The van der Waals surface area contributed by atoms with Crippen LogP contribution in [0.2, 0.25) is 5.02 Å². The van der Waals surface area contributed by atoms with Crippen molar-refractivity contribution in [3.05, 3.63) is 52.3 Å². The van der Waals surface area contributed by atoms with Gasteiger partial charge in [-0.2, -0.15) is 5.10 Å². The summed E-state index contributed by atoms with van der Waals surface area (Å²) in [7, 11) is 0. The predicted octanol–water partition coefficient (Wildman–Crippen LogP) is 3.21. The van der Waals surface area contributed by atoms with Gasteiger partial charge in [0.2, 0.25) is 5.91 Å². The molecule has 1 unspecified atom stereocenters. The fourth-order valence-electron chi connectivity index (χ4n) is 4.53. The number of aryl methyl sites for hydroxylation is 1. The number of benzene rings is 1. The number of amides is 2. The second kappa shape index (κ2) is 7.59. The van der Waals surface area contributed by atoms with E-state index in [9.17, 15) is 9.59 Å². The average molecular weight is 401 g/mol. The van der Waals surface area contributed by atoms with Crippen LogP contribution in [0.5, 0.6) is 0 Å². The molecule has 2 saturated heterocycles. The highest BCUT2D eigenvalue weighted by molar-refractivity contribution is 6.34. The molecule has 1 aromatic carbocycles. The molecule has 2 aliphatic heterocycles. The molecule has 0 saturated carbocycles. The molecule has 0 bridgehead atoms. The smallest absolute Gasteiger partial charge is 0.276 e. The summed E-state index contributed by atoms with van der Waals surface area (Å²) in [5.74, 6) is -0.172. The van der Waals surface area contributed by atoms with Crippen molar-refractivity contribution >= 4 is 23.4 Å². The number of nitrogens with zero attached hydrogens (tertiary/aromatic N) is 3. The molecule has 6 nitrogen and oxygen atoms in total. The second-order valence-corrected chi connectivity index (χ2v) is 8.11. The van der Waals surface area contributed by atoms with Gasteiger partial charge < -0.3 is 9.80 Å². The number of nitrogens with one attached hydrogen (secondary N) is 1. The largest absolute Gasteiger partial charge is 0.340 e. The zero-order valence-corrected chi connectivity index (χ0v) is 16.8. The van der Waals surface area contributed by atoms with Gasteiger partial charge in [-0.25, -0.2) is 0 Å². The molecule has 2 aromatic rings. The number of likely N-dealkylation sites (tertiary alicyclic amines) is 2. The lowest BCUT2D eigenvalue weighted by Gasteiger charge is -2.44. The molecule has 1 aromatic heterocycles. The van der Waals surface area contributed by atoms with E-state index in [-0.39, 0.29) is 17.5 Å². The number of halogens is 1. The molecule has 2 amide bonds. The monoisotopic (exact) mass is 400 g/mol. The van der Waals surface area contributed by atoms with E-state index in [0.29, 0.717) is 36.6 Å². The summed E-state index contributed by atoms with van der Waals surface area (Å²) in [5.41, 5.74) is 1.35. The van der Waals surface area contributed by atoms with E-state index < -0.39 is 5.54 Å². The molecule has 1 spiro atoms. The Balaban J connectivity index is 1.54. The van der Waals surface area contributed by atoms with Gasteiger partial charge in [0.25, 0.3) is 5.91 Å². The van der Waals surface area contributed by atoms with Gasteiger partial charge in [0.1, 0.15) is 5.54 Å². The maximum Gasteiger partial charge on any atom is 0.276 e. The number of carbonyl (C=O) groups excluding carboxylic acids is 2. The summed E-state index contributed by atoms with van der Waals surface area (Å²) < 4.78 is 0. The van der Waals surface area contributed by atoms with Crippen LogP contribution in [-0.4, -0.2) is 57.0 Å². The van der Waals surface area contributed by atoms with Crippen molar-refractivity contribution in [1.82, 2.24) is 20.0 Å². The number of carbonyl (C=O) groups is 2. The standard InChI is InChI=1S/C21H25ClN4O2/c1-15-17(22)18(24-23-15)19(27)26-13-6-11-21(26)10-5-12-25(20(21)28)14-9-16-7-3-2-4-8-16/h2-4,7-8H,5-6,9-14H2,1H3,(H,23,24). The number of hydrogen-bond donors (Lipinski definition) is 1. The minimum absolute atomic E-state index is 0.0731. The normalized spacial score (nSPS) is 22.3. The van der Waals surface area contributed by atoms with Gasteiger partial charge in [-0.1, -0.05) is 41.9 Å². The number of piperidine rings is 1. The average Bonchev–Trinajstić information content (AvgIpc) is 3.28. The van der Waals surface area contributed by atoms with E-state index in [1.807, 2.05) is 23.1 Å². The zero-order valence-electron chi connectivity index (χ0n) is 16.1. The number of aromatic nitrogens is 2. The third-order valence-corrected chi connectivity index (χ3v) is 6.49. The molecule has 148 valence electrons. The highest BCUT2D eigenvalue weighted by Gasteiger charge is 2.53. The molecular weight excluding hydrogens is 376 g/mol. The van der Waals surface area contributed by atoms with Gasteiger partial charge in [0.05, 0.1) is 10.7 Å². The van der Waals surface area contributed by atoms with Crippen LogP contribution >= 0.6 is 11.6 Å². The maximum absolute atomic E-state index is 13.5. The van der Waals surface area contributed by atoms with E-state index in [4.69, 9.17) is 11.6 Å². The number of H-pyrrole nitrogens is 1. The first-order valence-electron chi connectivity index (χ1n) is 9.89. The van der Waals surface area contributed by atoms with Crippen LogP contribution in [0.4, 0.5) is 0 Å². The summed E-state index contributed by atoms with van der Waals surface area (Å²) in [4.78, 5) is 30.3. The Kier molecular flexibility index (Phi) is 5.15. The van der Waals surface area contributed by atoms with Gasteiger partial charge in [-0.3, -0.25) is 14.7 Å². The van der Waals surface area contributed by atoms with Gasteiger partial charge in [-0.15, -0.1) is 0 Å². The van der Waals surface area contributed by atoms with Crippen molar-refractivity contribution in [2.75, 3.05) is 19.6 Å². The van der Waals surface area contributed by atoms with Crippen LogP contribution in [-0.2, 0) is 11.2 Å². The fraction of sp³-hybridized carbons (Fsp3) is 0.476. The molecule has 4 rings (SSSR count). The van der Waals surface area contributed by atoms with Crippen LogP contribution in [0.3, 0.4) is 0 Å². The third kappa shape index (κ3) is 3.20. The van der Waals surface area contributed by atoms with Crippen LogP contribution in [0.25, 0.3) is 0 Å². The van der Waals surface area contributed by atoms with E-state index in [1.165, 1.54) is 5.56 Å². The summed E-state index contributed by atoms with van der Waals surface area (Å²) in [5, 5.41) is 7.19. The first-order chi connectivity index (χ1) is 13.5. The SMILES string of the molecule is Cc1[nH]nc(C(=O)N2CCCC23CCCN(CCc2ccccc2)C3=O)c1Cl. The van der Waals surface area contributed by atoms with Crippen molar-refractivity contribution < 1.29 is 9.59 Å². The Morgan fingerprint density at radius 3 is 2.61 bits per heavy atom. The molecule has 0 radical (unpaired) electrons. The summed E-state index contributed by atoms with van der Waals surface area (Å²) in [6, 6.07) is 10.2. The van der Waals surface area contributed by atoms with E-state index in [1.54, 1.807) is 11.8 Å². The van der Waals surface area contributed by atoms with Crippen LogP contribution in [0.15, 0.2) is 30.3 Å². The topological polar surface area (TPSA) is 69.3 Å². The van der Waals surface area contributed by atoms with Crippen molar-refractivity contribution in [3.8, 4) is 0 Å². The highest BCUT2D eigenvalue weighted by Crippen LogP contribution is 2.39. The predicted molar refractivity (Wildman–Crippen MR) is 107 cm³/mol. The third-order valence-electron chi connectivity index (χ3n) is 6.03. The Bertz CT molecular complexity index is 882. The van der Waals surface area contributed by atoms with Crippen LogP contribution < -0.4 is 0 Å².